The third kappa shape index (κ3) is 3.85. The lowest BCUT2D eigenvalue weighted by Crippen LogP contribution is -2.31. The summed E-state index contributed by atoms with van der Waals surface area (Å²) in [7, 11) is 1.67. The predicted octanol–water partition coefficient (Wildman–Crippen LogP) is 3.34. The van der Waals surface area contributed by atoms with Crippen LogP contribution >= 0.6 is 0 Å². The normalized spacial score (nSPS) is 23.1. The molecule has 1 atom stereocenters. The van der Waals surface area contributed by atoms with Gasteiger partial charge in [-0.25, -0.2) is 24.8 Å². The largest absolute Gasteiger partial charge is 0.365 e. The van der Waals surface area contributed by atoms with E-state index in [9.17, 15) is 4.79 Å². The molecule has 0 aliphatic heterocycles. The first-order chi connectivity index (χ1) is 15.0. The van der Waals surface area contributed by atoms with Crippen molar-refractivity contribution in [3.63, 3.8) is 0 Å². The second-order valence-electron chi connectivity index (χ2n) is 9.63. The lowest BCUT2D eigenvalue weighted by atomic mass is 9.80. The number of rotatable bonds is 6. The van der Waals surface area contributed by atoms with Gasteiger partial charge in [0.2, 0.25) is 11.6 Å². The summed E-state index contributed by atoms with van der Waals surface area (Å²) in [5.74, 6) is 3.78. The van der Waals surface area contributed by atoms with Crippen LogP contribution in [0.5, 0.6) is 0 Å². The molecule has 0 spiro atoms. The van der Waals surface area contributed by atoms with Crippen LogP contribution in [-0.4, -0.2) is 40.3 Å². The minimum atomic E-state index is -0.284. The van der Waals surface area contributed by atoms with Crippen molar-refractivity contribution >= 4 is 17.0 Å². The van der Waals surface area contributed by atoms with Crippen molar-refractivity contribution in [2.45, 2.75) is 71.4 Å². The third-order valence-electron chi connectivity index (χ3n) is 7.36. The average molecular weight is 425 g/mol. The Kier molecular flexibility index (Phi) is 5.27. The molecule has 2 aliphatic rings. The Hall–Kier alpha value is -2.71. The summed E-state index contributed by atoms with van der Waals surface area (Å²) in [4.78, 5) is 26.0. The van der Waals surface area contributed by atoms with Gasteiger partial charge in [-0.05, 0) is 50.4 Å². The van der Waals surface area contributed by atoms with Gasteiger partial charge in [-0.2, -0.15) is 0 Å². The molecule has 0 bridgehead atoms. The smallest absolute Gasteiger partial charge is 0.343 e. The molecule has 2 aliphatic carbocycles. The summed E-state index contributed by atoms with van der Waals surface area (Å²) < 4.78 is 3.65. The van der Waals surface area contributed by atoms with Gasteiger partial charge in [-0.15, -0.1) is 5.10 Å². The molecule has 0 saturated heterocycles. The van der Waals surface area contributed by atoms with Gasteiger partial charge in [-0.1, -0.05) is 26.2 Å². The van der Waals surface area contributed by atoms with Crippen LogP contribution in [-0.2, 0) is 13.6 Å². The molecule has 2 saturated carbocycles. The molecule has 166 valence electrons. The number of imidazole rings is 1. The summed E-state index contributed by atoms with van der Waals surface area (Å²) in [5, 5.41) is 10.3. The first-order valence-corrected chi connectivity index (χ1v) is 11.6. The Morgan fingerprint density at radius 1 is 1.19 bits per heavy atom. The zero-order valence-corrected chi connectivity index (χ0v) is 18.6. The maximum atomic E-state index is 11.9. The minimum absolute atomic E-state index is 0.284. The molecule has 3 aromatic heterocycles. The van der Waals surface area contributed by atoms with Gasteiger partial charge >= 0.3 is 5.69 Å². The maximum Gasteiger partial charge on any atom is 0.343 e. The van der Waals surface area contributed by atoms with Crippen LogP contribution in [0.1, 0.15) is 58.8 Å². The Labute approximate surface area is 181 Å². The van der Waals surface area contributed by atoms with Gasteiger partial charge in [0, 0.05) is 19.6 Å². The van der Waals surface area contributed by atoms with Gasteiger partial charge in [-0.3, -0.25) is 4.57 Å². The standard InChI is InChI=1S/C22H32N8O/c1-13-7-9-15(10-8-13)11-30-12-23-18-17(30)19(24-14(2)16-5-4-6-16)26-20(25-18)21-27-28-22(31)29(21)3/h12-16H,4-11H2,1-3H3,(H,28,31)(H,24,25,26)/t13-,14-,15-/m1/s1. The van der Waals surface area contributed by atoms with Crippen LogP contribution in [0.2, 0.25) is 0 Å². The van der Waals surface area contributed by atoms with E-state index in [1.165, 1.54) is 49.5 Å². The molecule has 2 N–H and O–H groups in total. The highest BCUT2D eigenvalue weighted by atomic mass is 16.1. The summed E-state index contributed by atoms with van der Waals surface area (Å²) in [6.07, 6.45) is 10.8. The van der Waals surface area contributed by atoms with E-state index in [1.54, 1.807) is 7.05 Å². The Bertz CT molecular complexity index is 1120. The van der Waals surface area contributed by atoms with Crippen LogP contribution < -0.4 is 11.0 Å². The molecule has 0 aromatic carbocycles. The van der Waals surface area contributed by atoms with E-state index >= 15 is 0 Å². The zero-order chi connectivity index (χ0) is 21.5. The second-order valence-corrected chi connectivity index (χ2v) is 9.63. The summed E-state index contributed by atoms with van der Waals surface area (Å²) >= 11 is 0. The Morgan fingerprint density at radius 2 is 1.97 bits per heavy atom. The van der Waals surface area contributed by atoms with Crippen molar-refractivity contribution in [1.29, 1.82) is 0 Å². The number of aromatic nitrogens is 7. The van der Waals surface area contributed by atoms with Gasteiger partial charge in [0.15, 0.2) is 11.5 Å². The Balaban J connectivity index is 1.53. The monoisotopic (exact) mass is 424 g/mol. The lowest BCUT2D eigenvalue weighted by molar-refractivity contribution is 0.266. The van der Waals surface area contributed by atoms with Crippen LogP contribution in [0.15, 0.2) is 11.1 Å². The molecule has 9 heteroatoms. The number of fused-ring (bicyclic) bond motifs is 1. The molecule has 0 unspecified atom stereocenters. The number of anilines is 1. The molecule has 0 radical (unpaired) electrons. The van der Waals surface area contributed by atoms with E-state index in [0.29, 0.717) is 35.2 Å². The molecule has 5 rings (SSSR count). The third-order valence-corrected chi connectivity index (χ3v) is 7.36. The van der Waals surface area contributed by atoms with Crippen LogP contribution in [0.3, 0.4) is 0 Å². The van der Waals surface area contributed by atoms with Gasteiger partial charge in [0.05, 0.1) is 6.33 Å². The van der Waals surface area contributed by atoms with E-state index in [-0.39, 0.29) is 5.69 Å². The second kappa shape index (κ2) is 8.09. The molecule has 9 nitrogen and oxygen atoms in total. The van der Waals surface area contributed by atoms with Gasteiger partial charge in [0.25, 0.3) is 0 Å². The molecule has 2 fully saturated rings. The van der Waals surface area contributed by atoms with Gasteiger partial charge < -0.3 is 9.88 Å². The number of H-pyrrole nitrogens is 1. The van der Waals surface area contributed by atoms with E-state index in [2.05, 4.69) is 43.9 Å². The fraction of sp³-hybridized carbons (Fsp3) is 0.682. The fourth-order valence-electron chi connectivity index (χ4n) is 4.93. The van der Waals surface area contributed by atoms with Crippen molar-refractivity contribution < 1.29 is 0 Å². The van der Waals surface area contributed by atoms with Gasteiger partial charge in [0.1, 0.15) is 5.52 Å². The molecule has 31 heavy (non-hydrogen) atoms. The SMILES string of the molecule is C[C@@H](Nc1nc(-c2n[nH]c(=O)n2C)nc2ncn(C[C@H]3CC[C@H](C)CC3)c12)C1CCC1. The maximum absolute atomic E-state index is 11.9. The first kappa shape index (κ1) is 20.2. The molecule has 0 amide bonds. The highest BCUT2D eigenvalue weighted by Gasteiger charge is 2.27. The van der Waals surface area contributed by atoms with Crippen molar-refractivity contribution in [2.24, 2.45) is 24.8 Å². The van der Waals surface area contributed by atoms with E-state index < -0.39 is 0 Å². The van der Waals surface area contributed by atoms with E-state index in [1.807, 2.05) is 6.33 Å². The van der Waals surface area contributed by atoms with Crippen molar-refractivity contribution in [2.75, 3.05) is 5.32 Å². The van der Waals surface area contributed by atoms with Crippen molar-refractivity contribution in [1.82, 2.24) is 34.3 Å². The lowest BCUT2D eigenvalue weighted by Gasteiger charge is -2.32. The average Bonchev–Trinajstić information content (AvgIpc) is 3.26. The van der Waals surface area contributed by atoms with E-state index in [0.717, 1.165) is 23.8 Å². The van der Waals surface area contributed by atoms with Crippen LogP contribution in [0, 0.1) is 17.8 Å². The highest BCUT2D eigenvalue weighted by molar-refractivity contribution is 5.85. The summed E-state index contributed by atoms with van der Waals surface area (Å²) in [6, 6.07) is 0.321. The van der Waals surface area contributed by atoms with Crippen molar-refractivity contribution in [3.8, 4) is 11.6 Å². The molecule has 3 heterocycles. The Morgan fingerprint density at radius 3 is 2.61 bits per heavy atom. The number of hydrogen-bond donors (Lipinski definition) is 2. The van der Waals surface area contributed by atoms with Crippen LogP contribution in [0.25, 0.3) is 22.8 Å². The number of nitrogens with one attached hydrogen (secondary N) is 2. The number of aromatic amines is 1. The summed E-state index contributed by atoms with van der Waals surface area (Å²) in [6.45, 7) is 5.52. The van der Waals surface area contributed by atoms with E-state index in [4.69, 9.17) is 4.98 Å². The molecule has 3 aromatic rings. The topological polar surface area (TPSA) is 106 Å². The summed E-state index contributed by atoms with van der Waals surface area (Å²) in [5.41, 5.74) is 1.31. The molecular weight excluding hydrogens is 392 g/mol. The number of nitrogens with zero attached hydrogens (tertiary/aromatic N) is 6. The fourth-order valence-corrected chi connectivity index (χ4v) is 4.93. The quantitative estimate of drug-likeness (QED) is 0.629. The van der Waals surface area contributed by atoms with Crippen LogP contribution in [0.4, 0.5) is 5.82 Å². The predicted molar refractivity (Wildman–Crippen MR) is 120 cm³/mol. The van der Waals surface area contributed by atoms with Crippen molar-refractivity contribution in [3.05, 3.63) is 16.8 Å². The zero-order valence-electron chi connectivity index (χ0n) is 18.6. The number of hydrogen-bond acceptors (Lipinski definition) is 6. The molecular formula is C22H32N8O. The minimum Gasteiger partial charge on any atom is -0.365 e. The highest BCUT2D eigenvalue weighted by Crippen LogP contribution is 2.34. The first-order valence-electron chi connectivity index (χ1n) is 11.6.